The van der Waals surface area contributed by atoms with Crippen LogP contribution in [0.1, 0.15) is 19.6 Å². The number of methoxy groups -OCH3 is 1. The summed E-state index contributed by atoms with van der Waals surface area (Å²) in [6.45, 7) is 2.00. The lowest BCUT2D eigenvalue weighted by atomic mass is 9.93. The van der Waals surface area contributed by atoms with Crippen LogP contribution in [-0.2, 0) is 15.2 Å². The van der Waals surface area contributed by atoms with Gasteiger partial charge in [0.1, 0.15) is 18.4 Å². The first-order valence-corrected chi connectivity index (χ1v) is 11.8. The molecule has 0 saturated carbocycles. The summed E-state index contributed by atoms with van der Waals surface area (Å²) in [5.74, 6) is 0.142. The van der Waals surface area contributed by atoms with Gasteiger partial charge in [-0.2, -0.15) is 4.91 Å². The maximum absolute atomic E-state index is 12.1. The van der Waals surface area contributed by atoms with Crippen LogP contribution < -0.4 is 0 Å². The highest BCUT2D eigenvalue weighted by molar-refractivity contribution is 6.36. The van der Waals surface area contributed by atoms with Crippen LogP contribution >= 0.6 is 0 Å². The van der Waals surface area contributed by atoms with Gasteiger partial charge in [0.2, 0.25) is 0 Å². The Hall–Kier alpha value is -3.88. The van der Waals surface area contributed by atoms with Crippen molar-refractivity contribution in [2.24, 2.45) is 5.18 Å². The van der Waals surface area contributed by atoms with Gasteiger partial charge in [0.25, 0.3) is 0 Å². The number of H-pyrrole nitrogens is 1. The monoisotopic (exact) mass is 466 g/mol. The van der Waals surface area contributed by atoms with Gasteiger partial charge in [-0.1, -0.05) is 41.6 Å². The molecule has 8 nitrogen and oxygen atoms in total. The van der Waals surface area contributed by atoms with Crippen LogP contribution in [0.25, 0.3) is 54.4 Å². The highest BCUT2D eigenvalue weighted by Crippen LogP contribution is 2.54. The van der Waals surface area contributed by atoms with Crippen LogP contribution in [-0.4, -0.2) is 38.5 Å². The second kappa shape index (κ2) is 6.21. The van der Waals surface area contributed by atoms with E-state index in [9.17, 15) is 10.0 Å². The number of aromatic hydroxyl groups is 1. The van der Waals surface area contributed by atoms with Crippen LogP contribution in [0.2, 0.25) is 0 Å². The molecule has 174 valence electrons. The van der Waals surface area contributed by atoms with Crippen LogP contribution in [0.5, 0.6) is 5.88 Å². The Morgan fingerprint density at radius 3 is 2.49 bits per heavy atom. The van der Waals surface area contributed by atoms with E-state index in [2.05, 4.69) is 43.6 Å². The summed E-state index contributed by atoms with van der Waals surface area (Å²) in [5, 5.41) is 20.4. The van der Waals surface area contributed by atoms with Crippen molar-refractivity contribution < 1.29 is 14.6 Å². The first kappa shape index (κ1) is 19.4. The summed E-state index contributed by atoms with van der Waals surface area (Å²) in [5.41, 5.74) is 2.96. The van der Waals surface area contributed by atoms with Gasteiger partial charge in [0.15, 0.2) is 11.6 Å². The molecular weight excluding hydrogens is 444 g/mol. The average molecular weight is 466 g/mol. The lowest BCUT2D eigenvalue weighted by molar-refractivity contribution is -0.252. The van der Waals surface area contributed by atoms with Crippen molar-refractivity contribution in [1.29, 1.82) is 0 Å². The molecule has 4 unspecified atom stereocenters. The van der Waals surface area contributed by atoms with Gasteiger partial charge in [-0.25, -0.2) is 0 Å². The number of hydrogen-bond acceptors (Lipinski definition) is 5. The van der Waals surface area contributed by atoms with Gasteiger partial charge in [-0.05, 0) is 19.1 Å². The van der Waals surface area contributed by atoms with E-state index in [4.69, 9.17) is 9.47 Å². The molecule has 2 N–H and O–H groups in total. The molecule has 1 saturated heterocycles. The minimum Gasteiger partial charge on any atom is -0.494 e. The van der Waals surface area contributed by atoms with Crippen molar-refractivity contribution in [2.45, 2.75) is 37.4 Å². The lowest BCUT2D eigenvalue weighted by Gasteiger charge is -2.46. The van der Waals surface area contributed by atoms with Crippen molar-refractivity contribution in [1.82, 2.24) is 14.1 Å². The summed E-state index contributed by atoms with van der Waals surface area (Å²) in [4.78, 5) is 15.2. The van der Waals surface area contributed by atoms with Gasteiger partial charge < -0.3 is 28.7 Å². The zero-order chi connectivity index (χ0) is 23.6. The number of ether oxygens (including phenoxy) is 2. The molecule has 1 fully saturated rings. The third-order valence-corrected chi connectivity index (χ3v) is 8.20. The molecule has 5 heterocycles. The van der Waals surface area contributed by atoms with Crippen molar-refractivity contribution in [3.05, 3.63) is 59.6 Å². The minimum atomic E-state index is -0.989. The molecule has 2 aliphatic heterocycles. The number of nitrogens with zero attached hydrogens (tertiary/aromatic N) is 3. The molecule has 0 spiro atoms. The Bertz CT molecular complexity index is 1880. The molecular formula is C27H22N4O4. The van der Waals surface area contributed by atoms with Gasteiger partial charge >= 0.3 is 0 Å². The summed E-state index contributed by atoms with van der Waals surface area (Å²) in [6.07, 6.45) is 1.27. The van der Waals surface area contributed by atoms with Crippen LogP contribution in [0, 0.1) is 4.91 Å². The molecule has 0 amide bonds. The predicted molar refractivity (Wildman–Crippen MR) is 135 cm³/mol. The fraction of sp³-hybridized carbons (Fsp3) is 0.259. The molecule has 8 heteroatoms. The molecule has 2 aliphatic rings. The fourth-order valence-electron chi connectivity index (χ4n) is 7.00. The first-order chi connectivity index (χ1) is 17.1. The minimum absolute atomic E-state index is 0.142. The molecule has 2 bridgehead atoms. The van der Waals surface area contributed by atoms with Gasteiger partial charge in [-0.3, -0.25) is 0 Å². The standard InChI is InChI=1S/C27H22N4O4/c1-27-25(34-2)16(29-33)11-19(35-27)30-17-9-5-3-7-13(17)21-22-15(12-28-26(22)32)20-14-8-4-6-10-18(14)31(27)24(20)23(21)30/h3-10,12,16,19,25,28,32H,11H2,1-2H3. The number of nitroso groups, excluding NO2 is 1. The summed E-state index contributed by atoms with van der Waals surface area (Å²) in [7, 11) is 1.62. The number of aromatic amines is 1. The van der Waals surface area contributed by atoms with Crippen molar-refractivity contribution in [2.75, 3.05) is 7.11 Å². The van der Waals surface area contributed by atoms with E-state index in [1.54, 1.807) is 7.11 Å². The number of fused-ring (bicyclic) bond motifs is 13. The summed E-state index contributed by atoms with van der Waals surface area (Å²) in [6, 6.07) is 15.8. The van der Waals surface area contributed by atoms with Gasteiger partial charge in [0.05, 0.1) is 27.5 Å². The van der Waals surface area contributed by atoms with Crippen molar-refractivity contribution in [3.8, 4) is 5.88 Å². The summed E-state index contributed by atoms with van der Waals surface area (Å²) >= 11 is 0. The van der Waals surface area contributed by atoms with Crippen LogP contribution in [0.15, 0.2) is 59.9 Å². The SMILES string of the molecule is COC1C(N=O)CC2OC1(C)n1c3ccccc3c3c4c[nH]c(O)c4c4c5ccccc5n2c4c31. The van der Waals surface area contributed by atoms with Crippen molar-refractivity contribution in [3.63, 3.8) is 0 Å². The third kappa shape index (κ3) is 2.04. The van der Waals surface area contributed by atoms with Gasteiger partial charge in [0, 0.05) is 46.7 Å². The van der Waals surface area contributed by atoms with Crippen LogP contribution in [0.4, 0.5) is 0 Å². The van der Waals surface area contributed by atoms with E-state index >= 15 is 0 Å². The van der Waals surface area contributed by atoms with E-state index in [1.807, 2.05) is 37.4 Å². The zero-order valence-electron chi connectivity index (χ0n) is 19.1. The number of benzene rings is 3. The van der Waals surface area contributed by atoms with E-state index in [1.165, 1.54) is 0 Å². The molecule has 3 aromatic carbocycles. The fourth-order valence-corrected chi connectivity index (χ4v) is 7.00. The quantitative estimate of drug-likeness (QED) is 0.313. The Balaban J connectivity index is 1.76. The third-order valence-electron chi connectivity index (χ3n) is 8.20. The van der Waals surface area contributed by atoms with Crippen LogP contribution in [0.3, 0.4) is 0 Å². The van der Waals surface area contributed by atoms with E-state index in [0.717, 1.165) is 54.4 Å². The number of para-hydroxylation sites is 2. The topological polar surface area (TPSA) is 93.8 Å². The first-order valence-electron chi connectivity index (χ1n) is 11.8. The molecule has 4 atom stereocenters. The Morgan fingerprint density at radius 1 is 1.03 bits per heavy atom. The Kier molecular flexibility index (Phi) is 3.45. The number of rotatable bonds is 2. The highest BCUT2D eigenvalue weighted by atomic mass is 16.6. The van der Waals surface area contributed by atoms with E-state index in [0.29, 0.717) is 6.42 Å². The number of hydrogen-bond donors (Lipinski definition) is 2. The normalized spacial score (nSPS) is 25.9. The largest absolute Gasteiger partial charge is 0.494 e. The molecule has 0 aliphatic carbocycles. The maximum Gasteiger partial charge on any atom is 0.197 e. The maximum atomic E-state index is 12.1. The second-order valence-electron chi connectivity index (χ2n) is 9.80. The zero-order valence-corrected chi connectivity index (χ0v) is 19.1. The molecule has 6 aromatic rings. The second-order valence-corrected chi connectivity index (χ2v) is 9.80. The average Bonchev–Trinajstić information content (AvgIpc) is 3.51. The molecule has 35 heavy (non-hydrogen) atoms. The number of nitrogens with one attached hydrogen (secondary N) is 1. The van der Waals surface area contributed by atoms with Crippen molar-refractivity contribution >= 4 is 54.4 Å². The Labute approximate surface area is 198 Å². The summed E-state index contributed by atoms with van der Waals surface area (Å²) < 4.78 is 17.3. The molecule has 0 radical (unpaired) electrons. The van der Waals surface area contributed by atoms with Gasteiger partial charge in [-0.15, -0.1) is 0 Å². The molecule has 8 rings (SSSR count). The highest BCUT2D eigenvalue weighted by Gasteiger charge is 2.53. The van der Waals surface area contributed by atoms with E-state index in [-0.39, 0.29) is 5.88 Å². The molecule has 3 aromatic heterocycles. The predicted octanol–water partition coefficient (Wildman–Crippen LogP) is 5.84. The Morgan fingerprint density at radius 2 is 1.74 bits per heavy atom. The smallest absolute Gasteiger partial charge is 0.197 e. The van der Waals surface area contributed by atoms with E-state index < -0.39 is 24.1 Å². The lowest BCUT2D eigenvalue weighted by Crippen LogP contribution is -2.55. The number of aromatic nitrogens is 3.